The van der Waals surface area contributed by atoms with Crippen LogP contribution in [-0.2, 0) is 4.74 Å². The van der Waals surface area contributed by atoms with E-state index in [-0.39, 0.29) is 0 Å². The van der Waals surface area contributed by atoms with Crippen molar-refractivity contribution in [3.63, 3.8) is 0 Å². The van der Waals surface area contributed by atoms with E-state index in [1.807, 2.05) is 24.3 Å². The van der Waals surface area contributed by atoms with Crippen molar-refractivity contribution in [2.24, 2.45) is 0 Å². The Bertz CT molecular complexity index is 331. The van der Waals surface area contributed by atoms with Crippen LogP contribution in [0.1, 0.15) is 13.3 Å². The molecule has 1 aromatic carbocycles. The summed E-state index contributed by atoms with van der Waals surface area (Å²) in [6.07, 6.45) is 1.01. The molecule has 102 valence electrons. The van der Waals surface area contributed by atoms with Crippen molar-refractivity contribution in [2.45, 2.75) is 19.4 Å². The third kappa shape index (κ3) is 5.38. The van der Waals surface area contributed by atoms with Gasteiger partial charge in [-0.25, -0.2) is 0 Å². The van der Waals surface area contributed by atoms with Crippen LogP contribution in [0.25, 0.3) is 0 Å². The van der Waals surface area contributed by atoms with Gasteiger partial charge in [-0.2, -0.15) is 0 Å². The van der Waals surface area contributed by atoms with Crippen molar-refractivity contribution in [3.05, 3.63) is 24.3 Å². The van der Waals surface area contributed by atoms with E-state index in [0.717, 1.165) is 31.1 Å². The zero-order chi connectivity index (χ0) is 13.2. The minimum atomic E-state index is 0.436. The van der Waals surface area contributed by atoms with Crippen molar-refractivity contribution in [2.75, 3.05) is 34.0 Å². The molecule has 0 aliphatic rings. The van der Waals surface area contributed by atoms with Crippen LogP contribution in [0.15, 0.2) is 24.3 Å². The lowest BCUT2D eigenvalue weighted by atomic mass is 10.2. The minimum Gasteiger partial charge on any atom is -0.493 e. The molecule has 0 aromatic heterocycles. The van der Waals surface area contributed by atoms with E-state index < -0.39 is 0 Å². The highest BCUT2D eigenvalue weighted by atomic mass is 16.5. The number of methoxy groups -OCH3 is 2. The van der Waals surface area contributed by atoms with E-state index in [1.54, 1.807) is 14.2 Å². The molecule has 4 heteroatoms. The molecule has 0 aliphatic heterocycles. The Balaban J connectivity index is 2.21. The number of hydrogen-bond acceptors (Lipinski definition) is 4. The molecule has 0 saturated heterocycles. The monoisotopic (exact) mass is 253 g/mol. The van der Waals surface area contributed by atoms with Crippen molar-refractivity contribution in [3.8, 4) is 11.5 Å². The van der Waals surface area contributed by atoms with Gasteiger partial charge >= 0.3 is 0 Å². The lowest BCUT2D eigenvalue weighted by Crippen LogP contribution is -2.31. The SMILES string of the molecule is COCCC(C)NCCOc1ccccc1OC. The summed E-state index contributed by atoms with van der Waals surface area (Å²) in [5, 5.41) is 3.38. The Morgan fingerprint density at radius 1 is 1.11 bits per heavy atom. The molecule has 1 rings (SSSR count). The molecule has 0 bridgehead atoms. The first-order chi connectivity index (χ1) is 8.77. The fraction of sp³-hybridized carbons (Fsp3) is 0.571. The molecule has 0 heterocycles. The van der Waals surface area contributed by atoms with Crippen LogP contribution in [0.2, 0.25) is 0 Å². The lowest BCUT2D eigenvalue weighted by molar-refractivity contribution is 0.183. The molecule has 0 fully saturated rings. The summed E-state index contributed by atoms with van der Waals surface area (Å²) in [7, 11) is 3.37. The predicted octanol–water partition coefficient (Wildman–Crippen LogP) is 2.09. The molecule has 1 aromatic rings. The third-order valence-electron chi connectivity index (χ3n) is 2.68. The predicted molar refractivity (Wildman–Crippen MR) is 72.4 cm³/mol. The van der Waals surface area contributed by atoms with E-state index in [9.17, 15) is 0 Å². The maximum atomic E-state index is 5.66. The molecular weight excluding hydrogens is 230 g/mol. The molecule has 4 nitrogen and oxygen atoms in total. The van der Waals surface area contributed by atoms with Gasteiger partial charge in [-0.15, -0.1) is 0 Å². The van der Waals surface area contributed by atoms with E-state index >= 15 is 0 Å². The first-order valence-corrected chi connectivity index (χ1v) is 6.26. The summed E-state index contributed by atoms with van der Waals surface area (Å²) in [4.78, 5) is 0. The first-order valence-electron chi connectivity index (χ1n) is 6.26. The van der Waals surface area contributed by atoms with Gasteiger partial charge in [0.2, 0.25) is 0 Å². The van der Waals surface area contributed by atoms with Gasteiger partial charge < -0.3 is 19.5 Å². The number of nitrogens with one attached hydrogen (secondary N) is 1. The van der Waals surface area contributed by atoms with Crippen LogP contribution in [-0.4, -0.2) is 40.0 Å². The van der Waals surface area contributed by atoms with Crippen LogP contribution in [0.5, 0.6) is 11.5 Å². The summed E-state index contributed by atoms with van der Waals surface area (Å²) in [6, 6.07) is 8.10. The number of ether oxygens (including phenoxy) is 3. The van der Waals surface area contributed by atoms with Gasteiger partial charge in [0, 0.05) is 26.3 Å². The number of rotatable bonds is 9. The van der Waals surface area contributed by atoms with E-state index in [1.165, 1.54) is 0 Å². The van der Waals surface area contributed by atoms with Crippen LogP contribution in [0.4, 0.5) is 0 Å². The summed E-state index contributed by atoms with van der Waals surface area (Å²) < 4.78 is 15.9. The fourth-order valence-electron chi connectivity index (χ4n) is 1.60. The normalized spacial score (nSPS) is 12.2. The highest BCUT2D eigenvalue weighted by Crippen LogP contribution is 2.25. The van der Waals surface area contributed by atoms with Crippen molar-refractivity contribution in [1.29, 1.82) is 0 Å². The molecule has 0 radical (unpaired) electrons. The Kier molecular flexibility index (Phi) is 7.22. The largest absolute Gasteiger partial charge is 0.493 e. The van der Waals surface area contributed by atoms with Gasteiger partial charge in [-0.05, 0) is 25.5 Å². The molecule has 0 saturated carbocycles. The van der Waals surface area contributed by atoms with Gasteiger partial charge in [0.1, 0.15) is 6.61 Å². The Labute approximate surface area is 109 Å². The summed E-state index contributed by atoms with van der Waals surface area (Å²) in [5.74, 6) is 1.55. The average Bonchev–Trinajstić information content (AvgIpc) is 2.41. The van der Waals surface area contributed by atoms with E-state index in [0.29, 0.717) is 12.6 Å². The average molecular weight is 253 g/mol. The molecule has 18 heavy (non-hydrogen) atoms. The molecule has 0 spiro atoms. The van der Waals surface area contributed by atoms with Gasteiger partial charge in [0.15, 0.2) is 11.5 Å². The van der Waals surface area contributed by atoms with Gasteiger partial charge in [0.05, 0.1) is 7.11 Å². The molecule has 1 atom stereocenters. The number of para-hydroxylation sites is 2. The molecular formula is C14H23NO3. The second-order valence-corrected chi connectivity index (χ2v) is 4.14. The van der Waals surface area contributed by atoms with Crippen molar-refractivity contribution >= 4 is 0 Å². The molecule has 1 N–H and O–H groups in total. The quantitative estimate of drug-likeness (QED) is 0.684. The number of benzene rings is 1. The topological polar surface area (TPSA) is 39.7 Å². The van der Waals surface area contributed by atoms with Crippen molar-refractivity contribution in [1.82, 2.24) is 5.32 Å². The van der Waals surface area contributed by atoms with Crippen LogP contribution >= 0.6 is 0 Å². The molecule has 0 amide bonds. The minimum absolute atomic E-state index is 0.436. The maximum Gasteiger partial charge on any atom is 0.161 e. The Morgan fingerprint density at radius 3 is 2.50 bits per heavy atom. The summed E-state index contributed by atoms with van der Waals surface area (Å²) in [6.45, 7) is 4.35. The second-order valence-electron chi connectivity index (χ2n) is 4.14. The fourth-order valence-corrected chi connectivity index (χ4v) is 1.60. The standard InChI is InChI=1S/C14H23NO3/c1-12(8-10-16-2)15-9-11-18-14-7-5-4-6-13(14)17-3/h4-7,12,15H,8-11H2,1-3H3. The summed E-state index contributed by atoms with van der Waals surface area (Å²) in [5.41, 5.74) is 0. The van der Waals surface area contributed by atoms with Crippen LogP contribution < -0.4 is 14.8 Å². The van der Waals surface area contributed by atoms with Crippen LogP contribution in [0, 0.1) is 0 Å². The van der Waals surface area contributed by atoms with Gasteiger partial charge in [-0.3, -0.25) is 0 Å². The second kappa shape index (κ2) is 8.78. The van der Waals surface area contributed by atoms with Crippen molar-refractivity contribution < 1.29 is 14.2 Å². The first kappa shape index (κ1) is 14.8. The molecule has 0 aliphatic carbocycles. The van der Waals surface area contributed by atoms with Gasteiger partial charge in [-0.1, -0.05) is 12.1 Å². The third-order valence-corrected chi connectivity index (χ3v) is 2.68. The smallest absolute Gasteiger partial charge is 0.161 e. The maximum absolute atomic E-state index is 5.66. The summed E-state index contributed by atoms with van der Waals surface area (Å²) >= 11 is 0. The van der Waals surface area contributed by atoms with Crippen LogP contribution in [0.3, 0.4) is 0 Å². The lowest BCUT2D eigenvalue weighted by Gasteiger charge is -2.14. The Hall–Kier alpha value is -1.26. The van der Waals surface area contributed by atoms with Gasteiger partial charge in [0.25, 0.3) is 0 Å². The number of hydrogen-bond donors (Lipinski definition) is 1. The zero-order valence-corrected chi connectivity index (χ0v) is 11.4. The van der Waals surface area contributed by atoms with E-state index in [4.69, 9.17) is 14.2 Å². The highest BCUT2D eigenvalue weighted by molar-refractivity contribution is 5.39. The highest BCUT2D eigenvalue weighted by Gasteiger charge is 2.03. The Morgan fingerprint density at radius 2 is 1.83 bits per heavy atom. The zero-order valence-electron chi connectivity index (χ0n) is 11.4. The molecule has 1 unspecified atom stereocenters. The van der Waals surface area contributed by atoms with E-state index in [2.05, 4.69) is 12.2 Å².